The first-order chi connectivity index (χ1) is 24.8. The zero-order valence-electron chi connectivity index (χ0n) is 26.8. The molecule has 0 radical (unpaired) electrons. The highest BCUT2D eigenvalue weighted by molar-refractivity contribution is 6.16. The van der Waals surface area contributed by atoms with Gasteiger partial charge in [-0.2, -0.15) is 9.97 Å². The lowest BCUT2D eigenvalue weighted by Crippen LogP contribution is -2.06. The fraction of sp³-hybridized carbons (Fsp3) is 0. The molecule has 0 fully saturated rings. The maximum absolute atomic E-state index is 5.12. The number of hydrogen-bond acceptors (Lipinski definition) is 4. The molecule has 50 heavy (non-hydrogen) atoms. The van der Waals surface area contributed by atoms with Crippen LogP contribution in [0.1, 0.15) is 0 Å². The number of aromatic nitrogens is 6. The van der Waals surface area contributed by atoms with Gasteiger partial charge in [-0.05, 0) is 36.4 Å². The summed E-state index contributed by atoms with van der Waals surface area (Å²) in [4.78, 5) is 20.3. The molecule has 0 saturated carbocycles. The molecular formula is C44H28N6. The highest BCUT2D eigenvalue weighted by Gasteiger charge is 2.21. The van der Waals surface area contributed by atoms with Crippen molar-refractivity contribution in [3.63, 3.8) is 0 Å². The Balaban J connectivity index is 1.24. The molecule has 0 amide bonds. The predicted octanol–water partition coefficient (Wildman–Crippen LogP) is 10.5. The lowest BCUT2D eigenvalue weighted by atomic mass is 10.0. The average Bonchev–Trinajstić information content (AvgIpc) is 3.71. The maximum atomic E-state index is 5.12. The van der Waals surface area contributed by atoms with Crippen molar-refractivity contribution in [2.75, 3.05) is 0 Å². The summed E-state index contributed by atoms with van der Waals surface area (Å²) in [5.74, 6) is 1.81. The van der Waals surface area contributed by atoms with E-state index in [0.717, 1.165) is 66.3 Å². The highest BCUT2D eigenvalue weighted by atomic mass is 15.2. The Morgan fingerprint density at radius 3 is 1.64 bits per heavy atom. The van der Waals surface area contributed by atoms with E-state index in [2.05, 4.69) is 112 Å². The third-order valence-electron chi connectivity index (χ3n) is 9.43. The van der Waals surface area contributed by atoms with Crippen LogP contribution in [0.5, 0.6) is 0 Å². The fourth-order valence-corrected chi connectivity index (χ4v) is 7.21. The van der Waals surface area contributed by atoms with Crippen molar-refractivity contribution >= 4 is 43.6 Å². The van der Waals surface area contributed by atoms with E-state index in [1.165, 1.54) is 5.39 Å². The molecular weight excluding hydrogens is 613 g/mol. The molecule has 6 aromatic carbocycles. The van der Waals surface area contributed by atoms with Gasteiger partial charge < -0.3 is 4.57 Å². The van der Waals surface area contributed by atoms with Crippen molar-refractivity contribution in [3.05, 3.63) is 170 Å². The molecule has 0 aliphatic carbocycles. The van der Waals surface area contributed by atoms with Crippen LogP contribution in [0.3, 0.4) is 0 Å². The molecule has 4 heterocycles. The number of rotatable bonds is 5. The summed E-state index contributed by atoms with van der Waals surface area (Å²) in [6.07, 6.45) is 2.02. The van der Waals surface area contributed by atoms with Crippen LogP contribution in [0.25, 0.3) is 89.3 Å². The van der Waals surface area contributed by atoms with E-state index >= 15 is 0 Å². The first-order valence-electron chi connectivity index (χ1n) is 16.7. The Bertz CT molecular complexity index is 2800. The summed E-state index contributed by atoms with van der Waals surface area (Å²) in [7, 11) is 0. The molecule has 0 N–H and O–H groups in total. The number of para-hydroxylation sites is 3. The highest BCUT2D eigenvalue weighted by Crippen LogP contribution is 2.40. The molecule has 6 heteroatoms. The second-order valence-corrected chi connectivity index (χ2v) is 12.3. The molecule has 4 aromatic heterocycles. The number of benzene rings is 6. The van der Waals surface area contributed by atoms with Gasteiger partial charge in [-0.25, -0.2) is 4.98 Å². The topological polar surface area (TPSA) is 61.4 Å². The number of hydrogen-bond donors (Lipinski definition) is 0. The van der Waals surface area contributed by atoms with E-state index < -0.39 is 0 Å². The third-order valence-corrected chi connectivity index (χ3v) is 9.43. The first kappa shape index (κ1) is 28.1. The van der Waals surface area contributed by atoms with Crippen LogP contribution < -0.4 is 0 Å². The van der Waals surface area contributed by atoms with Crippen LogP contribution in [0.4, 0.5) is 0 Å². The zero-order chi connectivity index (χ0) is 33.0. The second kappa shape index (κ2) is 11.4. The zero-order valence-corrected chi connectivity index (χ0v) is 26.8. The van der Waals surface area contributed by atoms with Gasteiger partial charge in [-0.1, -0.05) is 127 Å². The smallest absolute Gasteiger partial charge is 0.238 e. The molecule has 0 saturated heterocycles. The van der Waals surface area contributed by atoms with E-state index in [1.54, 1.807) is 0 Å². The molecule has 0 spiro atoms. The van der Waals surface area contributed by atoms with E-state index in [4.69, 9.17) is 19.9 Å². The van der Waals surface area contributed by atoms with Gasteiger partial charge in [-0.3, -0.25) is 9.55 Å². The average molecular weight is 641 g/mol. The summed E-state index contributed by atoms with van der Waals surface area (Å²) >= 11 is 0. The van der Waals surface area contributed by atoms with Gasteiger partial charge >= 0.3 is 0 Å². The van der Waals surface area contributed by atoms with E-state index in [9.17, 15) is 0 Å². The summed E-state index contributed by atoms with van der Waals surface area (Å²) in [6, 6.07) is 56.4. The molecule has 0 unspecified atom stereocenters. The number of fused-ring (bicyclic) bond motifs is 6. The summed E-state index contributed by atoms with van der Waals surface area (Å²) in [5.41, 5.74) is 9.20. The largest absolute Gasteiger partial charge is 0.309 e. The molecule has 6 nitrogen and oxygen atoms in total. The molecule has 234 valence electrons. The van der Waals surface area contributed by atoms with Gasteiger partial charge in [-0.15, -0.1) is 0 Å². The van der Waals surface area contributed by atoms with Gasteiger partial charge in [0.15, 0.2) is 11.6 Å². The summed E-state index contributed by atoms with van der Waals surface area (Å²) < 4.78 is 4.49. The summed E-state index contributed by atoms with van der Waals surface area (Å²) in [6.45, 7) is 0. The Labute approximate surface area is 287 Å². The fourth-order valence-electron chi connectivity index (χ4n) is 7.21. The van der Waals surface area contributed by atoms with Crippen molar-refractivity contribution in [3.8, 4) is 45.7 Å². The SMILES string of the molecule is c1ccc(-c2nc(-c3ccccc3)nc(-n3c4ccccc4c4c(-c5cc6c(cn5)c5ccccc5n6-c5ccccc5)cccc43)n2)cc1. The first-order valence-corrected chi connectivity index (χ1v) is 16.7. The number of nitrogens with zero attached hydrogens (tertiary/aromatic N) is 6. The molecule has 0 bridgehead atoms. The lowest BCUT2D eigenvalue weighted by Gasteiger charge is -2.11. The van der Waals surface area contributed by atoms with E-state index in [0.29, 0.717) is 17.6 Å². The summed E-state index contributed by atoms with van der Waals surface area (Å²) in [5, 5.41) is 4.50. The molecule has 0 aliphatic rings. The Kier molecular flexibility index (Phi) is 6.39. The van der Waals surface area contributed by atoms with E-state index in [1.807, 2.05) is 66.9 Å². The molecule has 10 aromatic rings. The van der Waals surface area contributed by atoms with Crippen LogP contribution in [-0.4, -0.2) is 29.1 Å². The van der Waals surface area contributed by atoms with Gasteiger partial charge in [0.25, 0.3) is 0 Å². The Hall–Kier alpha value is -6.92. The van der Waals surface area contributed by atoms with Crippen LogP contribution in [0.2, 0.25) is 0 Å². The maximum Gasteiger partial charge on any atom is 0.238 e. The molecule has 0 aliphatic heterocycles. The molecule has 0 atom stereocenters. The minimum absolute atomic E-state index is 0.564. The standard InChI is InChI=1S/C44H28N6/c1-4-15-29(16-5-1)42-46-43(30-17-6-2-7-18-30)48-44(47-42)50-38-25-13-11-22-34(38)41-33(23-14-26-39(41)50)36-27-40-35(28-45-36)32-21-10-12-24-37(32)49(40)31-19-8-3-9-20-31/h1-28H. The number of pyridine rings is 1. The minimum Gasteiger partial charge on any atom is -0.309 e. The minimum atomic E-state index is 0.564. The van der Waals surface area contributed by atoms with Crippen LogP contribution in [0, 0.1) is 0 Å². The quantitative estimate of drug-likeness (QED) is 0.188. The van der Waals surface area contributed by atoms with Gasteiger partial charge in [0.05, 0.1) is 27.8 Å². The predicted molar refractivity (Wildman–Crippen MR) is 203 cm³/mol. The van der Waals surface area contributed by atoms with Crippen LogP contribution in [0.15, 0.2) is 170 Å². The third kappa shape index (κ3) is 4.43. The lowest BCUT2D eigenvalue weighted by molar-refractivity contribution is 0.953. The monoisotopic (exact) mass is 640 g/mol. The van der Waals surface area contributed by atoms with Crippen molar-refractivity contribution < 1.29 is 0 Å². The van der Waals surface area contributed by atoms with Crippen molar-refractivity contribution in [1.82, 2.24) is 29.1 Å². The van der Waals surface area contributed by atoms with Crippen molar-refractivity contribution in [2.45, 2.75) is 0 Å². The van der Waals surface area contributed by atoms with Crippen LogP contribution >= 0.6 is 0 Å². The van der Waals surface area contributed by atoms with Gasteiger partial charge in [0.1, 0.15) is 0 Å². The molecule has 10 rings (SSSR count). The van der Waals surface area contributed by atoms with Crippen molar-refractivity contribution in [2.24, 2.45) is 0 Å². The second-order valence-electron chi connectivity index (χ2n) is 12.3. The van der Waals surface area contributed by atoms with E-state index in [-0.39, 0.29) is 0 Å². The van der Waals surface area contributed by atoms with Gasteiger partial charge in [0.2, 0.25) is 5.95 Å². The van der Waals surface area contributed by atoms with Crippen LogP contribution in [-0.2, 0) is 0 Å². The Morgan fingerprint density at radius 1 is 0.400 bits per heavy atom. The Morgan fingerprint density at radius 2 is 0.960 bits per heavy atom. The van der Waals surface area contributed by atoms with Gasteiger partial charge in [0, 0.05) is 50.1 Å². The normalized spacial score (nSPS) is 11.6. The van der Waals surface area contributed by atoms with Crippen molar-refractivity contribution in [1.29, 1.82) is 0 Å².